The third kappa shape index (κ3) is 1.75. The highest BCUT2D eigenvalue weighted by atomic mass is 14.2. The first-order chi connectivity index (χ1) is 6.66. The molecule has 14 heavy (non-hydrogen) atoms. The lowest BCUT2D eigenvalue weighted by Crippen LogP contribution is -1.96. The molecule has 0 aromatic heterocycles. The van der Waals surface area contributed by atoms with Crippen LogP contribution in [0.15, 0.2) is 24.3 Å². The molecule has 0 bridgehead atoms. The Morgan fingerprint density at radius 3 is 2.79 bits per heavy atom. The Morgan fingerprint density at radius 2 is 2.07 bits per heavy atom. The van der Waals surface area contributed by atoms with Crippen molar-refractivity contribution in [2.45, 2.75) is 33.1 Å². The van der Waals surface area contributed by atoms with E-state index in [4.69, 9.17) is 0 Å². The second-order valence-electron chi connectivity index (χ2n) is 4.71. The number of hydrogen-bond acceptors (Lipinski definition) is 0. The third-order valence-corrected chi connectivity index (χ3v) is 2.85. The molecule has 1 aromatic rings. The summed E-state index contributed by atoms with van der Waals surface area (Å²) in [7, 11) is 0. The van der Waals surface area contributed by atoms with Crippen LogP contribution in [-0.2, 0) is 6.42 Å². The monoisotopic (exact) mass is 186 g/mol. The van der Waals surface area contributed by atoms with Gasteiger partial charge in [0.15, 0.2) is 0 Å². The molecule has 0 heteroatoms. The molecule has 1 atom stereocenters. The zero-order valence-corrected chi connectivity index (χ0v) is 9.25. The van der Waals surface area contributed by atoms with Crippen LogP contribution in [0.2, 0.25) is 0 Å². The molecule has 0 saturated carbocycles. The number of benzene rings is 1. The van der Waals surface area contributed by atoms with E-state index in [1.165, 1.54) is 23.1 Å². The van der Waals surface area contributed by atoms with Crippen molar-refractivity contribution in [3.8, 4) is 0 Å². The number of rotatable bonds is 2. The van der Waals surface area contributed by atoms with Crippen molar-refractivity contribution < 1.29 is 0 Å². The zero-order valence-electron chi connectivity index (χ0n) is 9.25. The molecule has 0 N–H and O–H groups in total. The zero-order chi connectivity index (χ0) is 10.1. The van der Waals surface area contributed by atoms with Crippen molar-refractivity contribution in [2.75, 3.05) is 0 Å². The van der Waals surface area contributed by atoms with E-state index in [1.807, 2.05) is 0 Å². The maximum atomic E-state index is 2.38. The van der Waals surface area contributed by atoms with Gasteiger partial charge in [0.2, 0.25) is 0 Å². The standard InChI is InChI=1S/C14H18/c1-10(2)8-12-5-7-13-6-4-11(3)14(13)9-12/h4-7,9-11H,8H2,1-3H3. The van der Waals surface area contributed by atoms with Gasteiger partial charge >= 0.3 is 0 Å². The molecule has 1 aliphatic rings. The van der Waals surface area contributed by atoms with E-state index in [-0.39, 0.29) is 0 Å². The Kier molecular flexibility index (Phi) is 2.45. The minimum atomic E-state index is 0.608. The average molecular weight is 186 g/mol. The summed E-state index contributed by atoms with van der Waals surface area (Å²) in [5.74, 6) is 1.36. The van der Waals surface area contributed by atoms with Gasteiger partial charge in [0.05, 0.1) is 0 Å². The molecule has 0 saturated heterocycles. The van der Waals surface area contributed by atoms with Crippen LogP contribution in [0, 0.1) is 5.92 Å². The molecule has 0 aliphatic heterocycles. The van der Waals surface area contributed by atoms with E-state index >= 15 is 0 Å². The maximum Gasteiger partial charge on any atom is -0.000107 e. The maximum absolute atomic E-state index is 2.38. The first-order valence-electron chi connectivity index (χ1n) is 5.48. The van der Waals surface area contributed by atoms with E-state index in [2.05, 4.69) is 51.1 Å². The molecule has 2 rings (SSSR count). The largest absolute Gasteiger partial charge is 0.0767 e. The summed E-state index contributed by atoms with van der Waals surface area (Å²) in [6.45, 7) is 6.81. The van der Waals surface area contributed by atoms with Gasteiger partial charge in [0.1, 0.15) is 0 Å². The van der Waals surface area contributed by atoms with E-state index < -0.39 is 0 Å². The molecule has 0 amide bonds. The van der Waals surface area contributed by atoms with Crippen molar-refractivity contribution in [1.29, 1.82) is 0 Å². The van der Waals surface area contributed by atoms with Gasteiger partial charge in [0, 0.05) is 0 Å². The van der Waals surface area contributed by atoms with Gasteiger partial charge in [-0.25, -0.2) is 0 Å². The van der Waals surface area contributed by atoms with Crippen molar-refractivity contribution in [1.82, 2.24) is 0 Å². The van der Waals surface area contributed by atoms with Crippen molar-refractivity contribution >= 4 is 6.08 Å². The molecule has 0 nitrogen and oxygen atoms in total. The molecule has 0 heterocycles. The van der Waals surface area contributed by atoms with Crippen molar-refractivity contribution in [3.63, 3.8) is 0 Å². The van der Waals surface area contributed by atoms with Gasteiger partial charge in [-0.05, 0) is 34.9 Å². The predicted molar refractivity (Wildman–Crippen MR) is 62.4 cm³/mol. The lowest BCUT2D eigenvalue weighted by Gasteiger charge is -2.09. The lowest BCUT2D eigenvalue weighted by molar-refractivity contribution is 0.646. The third-order valence-electron chi connectivity index (χ3n) is 2.85. The van der Waals surface area contributed by atoms with Crippen LogP contribution in [0.3, 0.4) is 0 Å². The average Bonchev–Trinajstić information content (AvgIpc) is 2.47. The fourth-order valence-electron chi connectivity index (χ4n) is 2.12. The fraction of sp³-hybridized carbons (Fsp3) is 0.429. The molecular formula is C14H18. The Bertz CT molecular complexity index is 358. The van der Waals surface area contributed by atoms with Crippen LogP contribution in [-0.4, -0.2) is 0 Å². The normalized spacial score (nSPS) is 19.0. The summed E-state index contributed by atoms with van der Waals surface area (Å²) in [6, 6.07) is 6.90. The van der Waals surface area contributed by atoms with E-state index in [1.54, 1.807) is 0 Å². The van der Waals surface area contributed by atoms with Gasteiger partial charge in [0.25, 0.3) is 0 Å². The highest BCUT2D eigenvalue weighted by Gasteiger charge is 2.12. The van der Waals surface area contributed by atoms with Crippen LogP contribution in [0.4, 0.5) is 0 Å². The highest BCUT2D eigenvalue weighted by molar-refractivity contribution is 5.62. The Balaban J connectivity index is 2.28. The minimum Gasteiger partial charge on any atom is -0.0767 e. The van der Waals surface area contributed by atoms with Crippen LogP contribution in [0.1, 0.15) is 43.4 Å². The molecule has 74 valence electrons. The van der Waals surface area contributed by atoms with Gasteiger partial charge in [-0.3, -0.25) is 0 Å². The first-order valence-corrected chi connectivity index (χ1v) is 5.48. The molecule has 1 aromatic carbocycles. The van der Waals surface area contributed by atoms with Crippen molar-refractivity contribution in [3.05, 3.63) is 41.0 Å². The van der Waals surface area contributed by atoms with E-state index in [0.717, 1.165) is 5.92 Å². The number of hydrogen-bond donors (Lipinski definition) is 0. The topological polar surface area (TPSA) is 0 Å². The van der Waals surface area contributed by atoms with Crippen LogP contribution < -0.4 is 0 Å². The summed E-state index contributed by atoms with van der Waals surface area (Å²) in [5, 5.41) is 0. The second-order valence-corrected chi connectivity index (χ2v) is 4.71. The van der Waals surface area contributed by atoms with Gasteiger partial charge in [-0.15, -0.1) is 0 Å². The molecule has 1 aliphatic carbocycles. The molecule has 0 fully saturated rings. The van der Waals surface area contributed by atoms with Crippen LogP contribution in [0.5, 0.6) is 0 Å². The predicted octanol–water partition coefficient (Wildman–Crippen LogP) is 4.02. The quantitative estimate of drug-likeness (QED) is 0.654. The van der Waals surface area contributed by atoms with Gasteiger partial charge in [-0.1, -0.05) is 51.1 Å². The van der Waals surface area contributed by atoms with Gasteiger partial charge < -0.3 is 0 Å². The summed E-state index contributed by atoms with van der Waals surface area (Å²) in [5.41, 5.74) is 4.39. The van der Waals surface area contributed by atoms with E-state index in [9.17, 15) is 0 Å². The molecule has 0 radical (unpaired) electrons. The molecular weight excluding hydrogens is 168 g/mol. The summed E-state index contributed by atoms with van der Waals surface area (Å²) < 4.78 is 0. The molecule has 0 spiro atoms. The minimum absolute atomic E-state index is 0.608. The lowest BCUT2D eigenvalue weighted by atomic mass is 9.96. The Labute approximate surface area is 86.7 Å². The highest BCUT2D eigenvalue weighted by Crippen LogP contribution is 2.30. The summed E-state index contributed by atoms with van der Waals surface area (Å²) in [6.07, 6.45) is 5.71. The SMILES string of the molecule is CC(C)Cc1ccc2c(c1)C(C)C=C2. The van der Waals surface area contributed by atoms with Crippen LogP contribution >= 0.6 is 0 Å². The van der Waals surface area contributed by atoms with Gasteiger partial charge in [-0.2, -0.15) is 0 Å². The number of allylic oxidation sites excluding steroid dienone is 1. The summed E-state index contributed by atoms with van der Waals surface area (Å²) >= 11 is 0. The first kappa shape index (κ1) is 9.51. The smallest absolute Gasteiger partial charge is 0.000107 e. The summed E-state index contributed by atoms with van der Waals surface area (Å²) in [4.78, 5) is 0. The molecule has 1 unspecified atom stereocenters. The van der Waals surface area contributed by atoms with Crippen molar-refractivity contribution in [2.24, 2.45) is 5.92 Å². The Hall–Kier alpha value is -1.04. The fourth-order valence-corrected chi connectivity index (χ4v) is 2.12. The number of fused-ring (bicyclic) bond motifs is 1. The van der Waals surface area contributed by atoms with E-state index in [0.29, 0.717) is 5.92 Å². The Morgan fingerprint density at radius 1 is 1.29 bits per heavy atom. The van der Waals surface area contributed by atoms with Crippen LogP contribution in [0.25, 0.3) is 6.08 Å². The second kappa shape index (κ2) is 3.61.